The van der Waals surface area contributed by atoms with E-state index in [1.165, 1.54) is 11.1 Å². The molecule has 2 atom stereocenters. The lowest BCUT2D eigenvalue weighted by molar-refractivity contribution is 0.549. The summed E-state index contributed by atoms with van der Waals surface area (Å²) in [7, 11) is 0. The zero-order chi connectivity index (χ0) is 22.2. The second-order valence-corrected chi connectivity index (χ2v) is 9.35. The van der Waals surface area contributed by atoms with Gasteiger partial charge in [-0.3, -0.25) is 4.98 Å². The standard InChI is InChI=1S/C26H23BrN4S/c1-17-8-11-21(16-18(17)2)30-15-5-7-23(30)25-24(22-6-3-4-14-28-22)29-26(32)31(25)20-12-9-19(27)10-13-20/h3-16,24-25H,1-2H3,(H,29,32)/t24-,25+/m0/s1. The zero-order valence-electron chi connectivity index (χ0n) is 17.9. The number of thiocarbonyl (C=S) groups is 1. The van der Waals surface area contributed by atoms with Gasteiger partial charge in [0.05, 0.1) is 11.7 Å². The number of nitrogens with one attached hydrogen (secondary N) is 1. The van der Waals surface area contributed by atoms with Crippen LogP contribution in [-0.2, 0) is 0 Å². The van der Waals surface area contributed by atoms with Crippen LogP contribution in [0.1, 0.15) is 34.6 Å². The Bertz CT molecular complexity index is 1270. The first-order valence-electron chi connectivity index (χ1n) is 10.5. The van der Waals surface area contributed by atoms with Crippen LogP contribution in [0.4, 0.5) is 5.69 Å². The van der Waals surface area contributed by atoms with Crippen molar-refractivity contribution in [3.8, 4) is 5.69 Å². The lowest BCUT2D eigenvalue weighted by atomic mass is 10.0. The lowest BCUT2D eigenvalue weighted by Crippen LogP contribution is -2.30. The predicted molar refractivity (Wildman–Crippen MR) is 137 cm³/mol. The molecule has 2 aromatic heterocycles. The number of rotatable bonds is 4. The highest BCUT2D eigenvalue weighted by Gasteiger charge is 2.42. The molecule has 0 amide bonds. The Morgan fingerprint density at radius 3 is 2.41 bits per heavy atom. The van der Waals surface area contributed by atoms with E-state index in [9.17, 15) is 0 Å². The first kappa shape index (κ1) is 20.9. The van der Waals surface area contributed by atoms with Gasteiger partial charge in [0.15, 0.2) is 5.11 Å². The van der Waals surface area contributed by atoms with E-state index < -0.39 is 0 Å². The Hall–Kier alpha value is -2.96. The summed E-state index contributed by atoms with van der Waals surface area (Å²) in [6.45, 7) is 4.29. The number of aryl methyl sites for hydroxylation is 2. The highest BCUT2D eigenvalue weighted by Crippen LogP contribution is 2.42. The third-order valence-corrected chi connectivity index (χ3v) is 6.90. The van der Waals surface area contributed by atoms with E-state index in [0.29, 0.717) is 5.11 Å². The summed E-state index contributed by atoms with van der Waals surface area (Å²) in [6.07, 6.45) is 3.96. The zero-order valence-corrected chi connectivity index (χ0v) is 20.3. The Morgan fingerprint density at radius 1 is 0.906 bits per heavy atom. The summed E-state index contributed by atoms with van der Waals surface area (Å²) in [5.41, 5.74) is 6.86. The summed E-state index contributed by atoms with van der Waals surface area (Å²) >= 11 is 9.39. The maximum atomic E-state index is 5.85. The number of aromatic nitrogens is 2. The fourth-order valence-electron chi connectivity index (χ4n) is 4.28. The van der Waals surface area contributed by atoms with E-state index in [1.54, 1.807) is 0 Å². The van der Waals surface area contributed by atoms with Crippen molar-refractivity contribution in [2.24, 2.45) is 0 Å². The minimum atomic E-state index is -0.0763. The Morgan fingerprint density at radius 2 is 1.69 bits per heavy atom. The Balaban J connectivity index is 1.67. The molecule has 4 aromatic rings. The van der Waals surface area contributed by atoms with Crippen molar-refractivity contribution < 1.29 is 0 Å². The van der Waals surface area contributed by atoms with Crippen LogP contribution < -0.4 is 10.2 Å². The fraction of sp³-hybridized carbons (Fsp3) is 0.154. The van der Waals surface area contributed by atoms with E-state index in [2.05, 4.69) is 104 Å². The molecular weight excluding hydrogens is 480 g/mol. The van der Waals surface area contributed by atoms with E-state index >= 15 is 0 Å². The molecule has 0 radical (unpaired) electrons. The molecule has 32 heavy (non-hydrogen) atoms. The fourth-order valence-corrected chi connectivity index (χ4v) is 4.89. The van der Waals surface area contributed by atoms with Crippen molar-refractivity contribution >= 4 is 38.9 Å². The number of hydrogen-bond donors (Lipinski definition) is 1. The molecule has 1 aliphatic heterocycles. The minimum Gasteiger partial charge on any atom is -0.351 e. The van der Waals surface area contributed by atoms with Gasteiger partial charge < -0.3 is 14.8 Å². The molecule has 1 saturated heterocycles. The molecule has 0 spiro atoms. The van der Waals surface area contributed by atoms with Crippen LogP contribution in [0.5, 0.6) is 0 Å². The summed E-state index contributed by atoms with van der Waals surface area (Å²) in [6, 6.07) is 25.0. The number of pyridine rings is 1. The van der Waals surface area contributed by atoms with Crippen LogP contribution in [0, 0.1) is 13.8 Å². The van der Waals surface area contributed by atoms with Crippen molar-refractivity contribution in [1.29, 1.82) is 0 Å². The second-order valence-electron chi connectivity index (χ2n) is 8.04. The van der Waals surface area contributed by atoms with Crippen molar-refractivity contribution in [3.63, 3.8) is 0 Å². The van der Waals surface area contributed by atoms with E-state index in [4.69, 9.17) is 12.2 Å². The average Bonchev–Trinajstić information content (AvgIpc) is 3.41. The van der Waals surface area contributed by atoms with Crippen LogP contribution in [0.25, 0.3) is 5.69 Å². The summed E-state index contributed by atoms with van der Waals surface area (Å²) in [5, 5.41) is 4.24. The van der Waals surface area contributed by atoms with Gasteiger partial charge in [-0.2, -0.15) is 0 Å². The van der Waals surface area contributed by atoms with Gasteiger partial charge in [-0.25, -0.2) is 0 Å². The van der Waals surface area contributed by atoms with Crippen molar-refractivity contribution in [1.82, 2.24) is 14.9 Å². The van der Waals surface area contributed by atoms with Gasteiger partial charge in [0.25, 0.3) is 0 Å². The van der Waals surface area contributed by atoms with Gasteiger partial charge in [-0.15, -0.1) is 0 Å². The Labute approximate surface area is 202 Å². The summed E-state index contributed by atoms with van der Waals surface area (Å²) in [5.74, 6) is 0. The largest absolute Gasteiger partial charge is 0.351 e. The predicted octanol–water partition coefficient (Wildman–Crippen LogP) is 6.43. The van der Waals surface area contributed by atoms with Crippen LogP contribution in [-0.4, -0.2) is 14.7 Å². The van der Waals surface area contributed by atoms with E-state index in [1.807, 2.05) is 30.5 Å². The number of hydrogen-bond acceptors (Lipinski definition) is 2. The van der Waals surface area contributed by atoms with Gasteiger partial charge >= 0.3 is 0 Å². The monoisotopic (exact) mass is 502 g/mol. The number of halogens is 1. The normalized spacial score (nSPS) is 18.1. The molecule has 160 valence electrons. The number of anilines is 1. The highest BCUT2D eigenvalue weighted by atomic mass is 79.9. The van der Waals surface area contributed by atoms with Crippen LogP contribution in [0.2, 0.25) is 0 Å². The lowest BCUT2D eigenvalue weighted by Gasteiger charge is -2.29. The number of benzene rings is 2. The minimum absolute atomic E-state index is 0.0600. The van der Waals surface area contributed by atoms with Gasteiger partial charge in [0.1, 0.15) is 6.04 Å². The second kappa shape index (κ2) is 8.52. The molecular formula is C26H23BrN4S. The van der Waals surface area contributed by atoms with Crippen molar-refractivity contribution in [3.05, 3.63) is 112 Å². The average molecular weight is 503 g/mol. The van der Waals surface area contributed by atoms with Crippen molar-refractivity contribution in [2.45, 2.75) is 25.9 Å². The quantitative estimate of drug-likeness (QED) is 0.326. The van der Waals surface area contributed by atoms with Crippen LogP contribution in [0.15, 0.2) is 89.7 Å². The maximum absolute atomic E-state index is 5.85. The van der Waals surface area contributed by atoms with Crippen molar-refractivity contribution in [2.75, 3.05) is 4.90 Å². The van der Waals surface area contributed by atoms with E-state index in [0.717, 1.165) is 27.2 Å². The third kappa shape index (κ3) is 3.74. The molecule has 0 saturated carbocycles. The van der Waals surface area contributed by atoms with Gasteiger partial charge in [-0.05, 0) is 97.9 Å². The molecule has 1 aliphatic rings. The van der Waals surface area contributed by atoms with Crippen LogP contribution in [0.3, 0.4) is 0 Å². The highest BCUT2D eigenvalue weighted by molar-refractivity contribution is 9.10. The molecule has 5 rings (SSSR count). The molecule has 6 heteroatoms. The smallest absolute Gasteiger partial charge is 0.174 e. The molecule has 0 aliphatic carbocycles. The Kier molecular flexibility index (Phi) is 5.57. The molecule has 1 fully saturated rings. The molecule has 2 aromatic carbocycles. The topological polar surface area (TPSA) is 33.1 Å². The van der Waals surface area contributed by atoms with Gasteiger partial charge in [-0.1, -0.05) is 28.1 Å². The maximum Gasteiger partial charge on any atom is 0.174 e. The summed E-state index contributed by atoms with van der Waals surface area (Å²) in [4.78, 5) is 6.86. The van der Waals surface area contributed by atoms with Gasteiger partial charge in [0, 0.05) is 33.9 Å². The molecule has 1 N–H and O–H groups in total. The molecule has 0 bridgehead atoms. The number of nitrogens with zero attached hydrogens (tertiary/aromatic N) is 3. The molecule has 4 nitrogen and oxygen atoms in total. The third-order valence-electron chi connectivity index (χ3n) is 6.05. The first-order chi connectivity index (χ1) is 15.5. The SMILES string of the molecule is Cc1ccc(-n2cccc2[C@@H]2[C@H](c3ccccn3)NC(=S)N2c2ccc(Br)cc2)cc1C. The van der Waals surface area contributed by atoms with Gasteiger partial charge in [0.2, 0.25) is 0 Å². The molecule has 0 unspecified atom stereocenters. The summed E-state index contributed by atoms with van der Waals surface area (Å²) < 4.78 is 3.30. The molecule has 3 heterocycles. The first-order valence-corrected chi connectivity index (χ1v) is 11.7. The van der Waals surface area contributed by atoms with E-state index in [-0.39, 0.29) is 12.1 Å². The van der Waals surface area contributed by atoms with Crippen LogP contribution >= 0.6 is 28.1 Å².